The molecule has 1 aliphatic rings. The van der Waals surface area contributed by atoms with Crippen LogP contribution in [0.1, 0.15) is 13.3 Å². The number of hydrogen-bond donors (Lipinski definition) is 4. The van der Waals surface area contributed by atoms with Crippen LogP contribution in [0.25, 0.3) is 10.8 Å². The molecule has 0 saturated carbocycles. The first-order chi connectivity index (χ1) is 20.9. The van der Waals surface area contributed by atoms with Gasteiger partial charge in [-0.1, -0.05) is 6.08 Å². The van der Waals surface area contributed by atoms with Crippen molar-refractivity contribution in [3.05, 3.63) is 96.4 Å². The quantitative estimate of drug-likeness (QED) is 0.114. The number of nitrogens with zero attached hydrogens (tertiary/aromatic N) is 6. The Kier molecular flexibility index (Phi) is 8.20. The molecule has 4 aromatic carbocycles. The van der Waals surface area contributed by atoms with Gasteiger partial charge >= 0.3 is 0 Å². The van der Waals surface area contributed by atoms with Crippen LogP contribution in [-0.2, 0) is 14.9 Å². The van der Waals surface area contributed by atoms with Crippen LogP contribution >= 0.6 is 0 Å². The van der Waals surface area contributed by atoms with Crippen molar-refractivity contribution in [2.45, 2.75) is 23.8 Å². The average Bonchev–Trinajstić information content (AvgIpc) is 3.00. The van der Waals surface area contributed by atoms with E-state index >= 15 is 0 Å². The molecule has 13 nitrogen and oxygen atoms in total. The van der Waals surface area contributed by atoms with Gasteiger partial charge in [0.25, 0.3) is 10.1 Å². The third-order valence-corrected chi connectivity index (χ3v) is 7.46. The van der Waals surface area contributed by atoms with Gasteiger partial charge in [-0.15, -0.1) is 10.2 Å². The molecule has 1 aliphatic carbocycles. The van der Waals surface area contributed by atoms with Crippen molar-refractivity contribution < 1.29 is 33.0 Å². The van der Waals surface area contributed by atoms with E-state index in [1.54, 1.807) is 48.6 Å². The van der Waals surface area contributed by atoms with Gasteiger partial charge in [0.2, 0.25) is 0 Å². The number of benzene rings is 4. The maximum absolute atomic E-state index is 12.1. The molecule has 5 rings (SSSR count). The van der Waals surface area contributed by atoms with Crippen molar-refractivity contribution in [3.63, 3.8) is 0 Å². The number of phenolic OH excluding ortho intramolecular Hbond substituents is 3. The Morgan fingerprint density at radius 3 is 1.95 bits per heavy atom. The van der Waals surface area contributed by atoms with Crippen molar-refractivity contribution in [1.29, 1.82) is 0 Å². The van der Waals surface area contributed by atoms with Crippen molar-refractivity contribution in [3.8, 4) is 17.2 Å². The molecule has 1 unspecified atom stereocenters. The minimum Gasteiger partial charge on any atom is -0.508 e. The fraction of sp³-hybridized carbons (Fsp3) is 0.133. The number of hydrogen-bond acceptors (Lipinski definition) is 12. The van der Waals surface area contributed by atoms with Crippen LogP contribution in [-0.4, -0.2) is 40.9 Å². The first kappa shape index (κ1) is 30.0. The van der Waals surface area contributed by atoms with Crippen molar-refractivity contribution in [2.75, 3.05) is 7.11 Å². The minimum atomic E-state index is -4.79. The van der Waals surface area contributed by atoms with E-state index in [9.17, 15) is 28.3 Å². The summed E-state index contributed by atoms with van der Waals surface area (Å²) in [4.78, 5) is -0.650. The van der Waals surface area contributed by atoms with Gasteiger partial charge in [0.1, 0.15) is 44.8 Å². The van der Waals surface area contributed by atoms with Gasteiger partial charge in [-0.3, -0.25) is 4.55 Å². The number of azo groups is 3. The molecule has 4 aromatic rings. The second kappa shape index (κ2) is 12.0. The van der Waals surface area contributed by atoms with Crippen LogP contribution in [0, 0.1) is 0 Å². The van der Waals surface area contributed by atoms with Crippen molar-refractivity contribution in [1.82, 2.24) is 0 Å². The number of aromatic hydroxyl groups is 3. The topological polar surface area (TPSA) is 198 Å². The summed E-state index contributed by atoms with van der Waals surface area (Å²) in [7, 11) is -3.34. The van der Waals surface area contributed by atoms with E-state index in [-0.39, 0.29) is 40.1 Å². The van der Waals surface area contributed by atoms with E-state index in [1.165, 1.54) is 37.4 Å². The zero-order valence-electron chi connectivity index (χ0n) is 23.4. The number of fused-ring (bicyclic) bond motifs is 1. The van der Waals surface area contributed by atoms with Crippen LogP contribution in [0.15, 0.2) is 132 Å². The second-order valence-electron chi connectivity index (χ2n) is 9.96. The summed E-state index contributed by atoms with van der Waals surface area (Å²) in [5.41, 5.74) is 1.04. The van der Waals surface area contributed by atoms with Gasteiger partial charge in [0.15, 0.2) is 0 Å². The van der Waals surface area contributed by atoms with E-state index in [4.69, 9.17) is 4.74 Å². The van der Waals surface area contributed by atoms with E-state index < -0.39 is 26.3 Å². The standard InChI is InChI=1S/C30H26N6O7S/c1-30(36-33-20-5-3-18(4-6-20)31-32-19-7-9-21(37)10-8-19)14-13-25(27(17-30)43-2)34-35-29-23-12-11-22(38)15-24(23)26(39)16-28(29)44(40,41)42/h3-16,37-39H,17H2,1-2H3,(H,40,41,42). The minimum absolute atomic E-state index is 0.118. The fourth-order valence-electron chi connectivity index (χ4n) is 4.31. The zero-order valence-corrected chi connectivity index (χ0v) is 24.2. The predicted octanol–water partition coefficient (Wildman–Crippen LogP) is 8.06. The molecule has 0 radical (unpaired) electrons. The summed E-state index contributed by atoms with van der Waals surface area (Å²) in [5.74, 6) is -0.0770. The highest BCUT2D eigenvalue weighted by Crippen LogP contribution is 2.41. The Bertz CT molecular complexity index is 1990. The van der Waals surface area contributed by atoms with Gasteiger partial charge in [0.05, 0.1) is 24.2 Å². The van der Waals surface area contributed by atoms with Crippen LogP contribution in [0.3, 0.4) is 0 Å². The number of allylic oxidation sites excluding steroid dienone is 1. The molecule has 14 heteroatoms. The molecule has 0 bridgehead atoms. The molecule has 0 aromatic heterocycles. The van der Waals surface area contributed by atoms with Gasteiger partial charge in [-0.25, -0.2) is 0 Å². The molecular formula is C30H26N6O7S. The van der Waals surface area contributed by atoms with Gasteiger partial charge in [-0.2, -0.15) is 28.9 Å². The molecule has 44 heavy (non-hydrogen) atoms. The maximum Gasteiger partial charge on any atom is 0.296 e. The monoisotopic (exact) mass is 614 g/mol. The molecule has 4 N–H and O–H groups in total. The normalized spacial score (nSPS) is 17.4. The van der Waals surface area contributed by atoms with Gasteiger partial charge in [0, 0.05) is 23.3 Å². The highest BCUT2D eigenvalue weighted by atomic mass is 32.2. The largest absolute Gasteiger partial charge is 0.508 e. The summed E-state index contributed by atoms with van der Waals surface area (Å²) in [6.45, 7) is 1.84. The lowest BCUT2D eigenvalue weighted by molar-refractivity contribution is 0.254. The van der Waals surface area contributed by atoms with E-state index in [0.29, 0.717) is 22.8 Å². The number of methoxy groups -OCH3 is 1. The molecule has 224 valence electrons. The van der Waals surface area contributed by atoms with E-state index in [1.807, 2.05) is 6.92 Å². The summed E-state index contributed by atoms with van der Waals surface area (Å²) >= 11 is 0. The molecule has 0 spiro atoms. The molecule has 0 amide bonds. The number of rotatable bonds is 8. The second-order valence-corrected chi connectivity index (χ2v) is 11.3. The zero-order chi connectivity index (χ0) is 31.5. The highest BCUT2D eigenvalue weighted by molar-refractivity contribution is 7.86. The smallest absolute Gasteiger partial charge is 0.296 e. The summed E-state index contributed by atoms with van der Waals surface area (Å²) in [5, 5.41) is 55.2. The van der Waals surface area contributed by atoms with Crippen LogP contribution < -0.4 is 0 Å². The Morgan fingerprint density at radius 2 is 1.34 bits per heavy atom. The lowest BCUT2D eigenvalue weighted by atomic mass is 9.92. The van der Waals surface area contributed by atoms with Crippen molar-refractivity contribution >= 4 is 43.6 Å². The predicted molar refractivity (Wildman–Crippen MR) is 161 cm³/mol. The average molecular weight is 615 g/mol. The summed E-state index contributed by atoms with van der Waals surface area (Å²) in [6.07, 6.45) is 3.62. The maximum atomic E-state index is 12.1. The Balaban J connectivity index is 1.36. The van der Waals surface area contributed by atoms with Crippen LogP contribution in [0.4, 0.5) is 22.7 Å². The Morgan fingerprint density at radius 1 is 0.750 bits per heavy atom. The SMILES string of the molecule is COC1=C(N=Nc2c(S(=O)(=O)O)cc(O)c3cc(O)ccc23)C=CC(C)(N=Nc2ccc(N=Nc3ccc(O)cc3)cc2)C1. The lowest BCUT2D eigenvalue weighted by Gasteiger charge is -2.24. The van der Waals surface area contributed by atoms with Crippen LogP contribution in [0.5, 0.6) is 17.2 Å². The summed E-state index contributed by atoms with van der Waals surface area (Å²) < 4.78 is 39.5. The van der Waals surface area contributed by atoms with Gasteiger partial charge < -0.3 is 20.1 Å². The first-order valence-electron chi connectivity index (χ1n) is 13.0. The number of phenols is 3. The third-order valence-electron chi connectivity index (χ3n) is 6.60. The third kappa shape index (κ3) is 6.77. The van der Waals surface area contributed by atoms with Crippen LogP contribution in [0.2, 0.25) is 0 Å². The molecular weight excluding hydrogens is 588 g/mol. The molecule has 0 saturated heterocycles. The molecule has 0 heterocycles. The number of ether oxygens (including phenoxy) is 1. The van der Waals surface area contributed by atoms with E-state index in [2.05, 4.69) is 30.7 Å². The molecule has 0 fully saturated rings. The Hall–Kier alpha value is -5.47. The van der Waals surface area contributed by atoms with Gasteiger partial charge in [-0.05, 0) is 79.7 Å². The first-order valence-corrected chi connectivity index (χ1v) is 14.5. The molecule has 1 atom stereocenters. The summed E-state index contributed by atoms with van der Waals surface area (Å²) in [6, 6.07) is 18.0. The molecule has 0 aliphatic heterocycles. The Labute approximate surface area is 251 Å². The lowest BCUT2D eigenvalue weighted by Crippen LogP contribution is -2.22. The van der Waals surface area contributed by atoms with E-state index in [0.717, 1.165) is 6.07 Å². The van der Waals surface area contributed by atoms with Crippen molar-refractivity contribution in [2.24, 2.45) is 30.7 Å². The fourth-order valence-corrected chi connectivity index (χ4v) is 4.97. The highest BCUT2D eigenvalue weighted by Gasteiger charge is 2.29.